The van der Waals surface area contributed by atoms with Crippen LogP contribution in [0.3, 0.4) is 0 Å². The Bertz CT molecular complexity index is 350. The lowest BCUT2D eigenvalue weighted by Gasteiger charge is -2.37. The quantitative estimate of drug-likeness (QED) is 0.806. The highest BCUT2D eigenvalue weighted by molar-refractivity contribution is 5.42. The van der Waals surface area contributed by atoms with Gasteiger partial charge in [-0.15, -0.1) is 0 Å². The molecule has 0 aromatic carbocycles. The van der Waals surface area contributed by atoms with Gasteiger partial charge in [-0.2, -0.15) is 0 Å². The number of rotatable bonds is 4. The molecule has 2 rings (SSSR count). The minimum Gasteiger partial charge on any atom is -0.373 e. The Hall–Kier alpha value is -1.20. The van der Waals surface area contributed by atoms with E-state index in [9.17, 15) is 0 Å². The highest BCUT2D eigenvalue weighted by atomic mass is 16.5. The largest absolute Gasteiger partial charge is 0.373 e. The van der Waals surface area contributed by atoms with Gasteiger partial charge in [-0.1, -0.05) is 0 Å². The maximum atomic E-state index is 5.73. The van der Waals surface area contributed by atoms with Crippen LogP contribution >= 0.6 is 0 Å². The Morgan fingerprint density at radius 2 is 2.25 bits per heavy atom. The summed E-state index contributed by atoms with van der Waals surface area (Å²) < 4.78 is 5.50. The van der Waals surface area contributed by atoms with Crippen molar-refractivity contribution in [1.29, 1.82) is 0 Å². The van der Waals surface area contributed by atoms with Crippen molar-refractivity contribution in [3.05, 3.63) is 18.1 Å². The van der Waals surface area contributed by atoms with E-state index in [1.165, 1.54) is 0 Å². The summed E-state index contributed by atoms with van der Waals surface area (Å²) in [5.74, 6) is 0.944. The van der Waals surface area contributed by atoms with E-state index in [1.807, 2.05) is 19.9 Å². The van der Waals surface area contributed by atoms with Crippen LogP contribution in [0, 0.1) is 0 Å². The second-order valence-corrected chi connectivity index (χ2v) is 4.39. The third-order valence-electron chi connectivity index (χ3n) is 2.51. The second-order valence-electron chi connectivity index (χ2n) is 4.39. The van der Waals surface area contributed by atoms with Crippen molar-refractivity contribution in [2.24, 2.45) is 5.73 Å². The molecule has 0 saturated carbocycles. The standard InChI is InChI=1S/C11H18N4O/c1-8(2)16-6-10-3-11(14-7-13-10)15-4-9(12)5-15/h3,7-9H,4-6,12H2,1-2H3. The third kappa shape index (κ3) is 2.68. The summed E-state index contributed by atoms with van der Waals surface area (Å²) in [5, 5.41) is 0. The molecule has 2 N–H and O–H groups in total. The smallest absolute Gasteiger partial charge is 0.132 e. The summed E-state index contributed by atoms with van der Waals surface area (Å²) >= 11 is 0. The van der Waals surface area contributed by atoms with Crippen LogP contribution < -0.4 is 10.6 Å². The lowest BCUT2D eigenvalue weighted by molar-refractivity contribution is 0.0635. The molecule has 2 heterocycles. The molecule has 0 amide bonds. The fraction of sp³-hybridized carbons (Fsp3) is 0.636. The van der Waals surface area contributed by atoms with Crippen LogP contribution in [0.25, 0.3) is 0 Å². The van der Waals surface area contributed by atoms with Gasteiger partial charge in [-0.3, -0.25) is 0 Å². The van der Waals surface area contributed by atoms with Crippen LogP contribution in [0.15, 0.2) is 12.4 Å². The molecule has 1 saturated heterocycles. The van der Waals surface area contributed by atoms with E-state index in [0.29, 0.717) is 6.61 Å². The molecule has 0 unspecified atom stereocenters. The first kappa shape index (κ1) is 11.3. The molecule has 1 aliphatic rings. The van der Waals surface area contributed by atoms with Gasteiger partial charge in [-0.05, 0) is 13.8 Å². The van der Waals surface area contributed by atoms with Crippen molar-refractivity contribution in [2.45, 2.75) is 32.6 Å². The number of ether oxygens (including phenoxy) is 1. The predicted octanol–water partition coefficient (Wildman–Crippen LogP) is 0.549. The number of nitrogens with zero attached hydrogens (tertiary/aromatic N) is 3. The molecular formula is C11H18N4O. The van der Waals surface area contributed by atoms with Crippen molar-refractivity contribution in [3.8, 4) is 0 Å². The molecule has 1 aromatic rings. The Labute approximate surface area is 95.6 Å². The zero-order valence-electron chi connectivity index (χ0n) is 9.76. The molecule has 0 spiro atoms. The molecule has 16 heavy (non-hydrogen) atoms. The van der Waals surface area contributed by atoms with Gasteiger partial charge >= 0.3 is 0 Å². The molecule has 5 heteroatoms. The van der Waals surface area contributed by atoms with E-state index in [4.69, 9.17) is 10.5 Å². The van der Waals surface area contributed by atoms with E-state index >= 15 is 0 Å². The van der Waals surface area contributed by atoms with Gasteiger partial charge in [0.1, 0.15) is 12.1 Å². The first-order valence-corrected chi connectivity index (χ1v) is 5.58. The minimum atomic E-state index is 0.218. The van der Waals surface area contributed by atoms with Gasteiger partial charge in [0.2, 0.25) is 0 Å². The molecular weight excluding hydrogens is 204 g/mol. The SMILES string of the molecule is CC(C)OCc1cc(N2CC(N)C2)ncn1. The molecule has 88 valence electrons. The van der Waals surface area contributed by atoms with Crippen molar-refractivity contribution < 1.29 is 4.74 Å². The number of anilines is 1. The predicted molar refractivity (Wildman–Crippen MR) is 62.1 cm³/mol. The van der Waals surface area contributed by atoms with E-state index in [-0.39, 0.29) is 12.1 Å². The van der Waals surface area contributed by atoms with Gasteiger partial charge in [0, 0.05) is 25.2 Å². The van der Waals surface area contributed by atoms with Gasteiger partial charge in [0.15, 0.2) is 0 Å². The Morgan fingerprint density at radius 3 is 2.88 bits per heavy atom. The molecule has 1 fully saturated rings. The Morgan fingerprint density at radius 1 is 1.50 bits per heavy atom. The molecule has 0 bridgehead atoms. The van der Waals surface area contributed by atoms with Crippen LogP contribution in [0.4, 0.5) is 5.82 Å². The van der Waals surface area contributed by atoms with Gasteiger partial charge in [0.25, 0.3) is 0 Å². The average molecular weight is 222 g/mol. The minimum absolute atomic E-state index is 0.218. The van der Waals surface area contributed by atoms with E-state index < -0.39 is 0 Å². The molecule has 0 atom stereocenters. The summed E-state index contributed by atoms with van der Waals surface area (Å²) in [5.41, 5.74) is 6.65. The highest BCUT2D eigenvalue weighted by Gasteiger charge is 2.24. The summed E-state index contributed by atoms with van der Waals surface area (Å²) in [6, 6.07) is 2.25. The fourth-order valence-corrected chi connectivity index (χ4v) is 1.59. The van der Waals surface area contributed by atoms with Gasteiger partial charge in [0.05, 0.1) is 18.4 Å². The summed E-state index contributed by atoms with van der Waals surface area (Å²) in [6.07, 6.45) is 1.80. The second kappa shape index (κ2) is 4.76. The monoisotopic (exact) mass is 222 g/mol. The van der Waals surface area contributed by atoms with E-state index in [2.05, 4.69) is 14.9 Å². The van der Waals surface area contributed by atoms with E-state index in [1.54, 1.807) is 6.33 Å². The highest BCUT2D eigenvalue weighted by Crippen LogP contribution is 2.17. The lowest BCUT2D eigenvalue weighted by atomic mass is 10.1. The van der Waals surface area contributed by atoms with E-state index in [0.717, 1.165) is 24.6 Å². The zero-order valence-corrected chi connectivity index (χ0v) is 9.76. The number of aromatic nitrogens is 2. The van der Waals surface area contributed by atoms with Gasteiger partial charge in [-0.25, -0.2) is 9.97 Å². The number of nitrogens with two attached hydrogens (primary N) is 1. The lowest BCUT2D eigenvalue weighted by Crippen LogP contribution is -2.56. The molecule has 5 nitrogen and oxygen atoms in total. The van der Waals surface area contributed by atoms with Crippen molar-refractivity contribution in [1.82, 2.24) is 9.97 Å². The molecule has 1 aromatic heterocycles. The fourth-order valence-electron chi connectivity index (χ4n) is 1.59. The Balaban J connectivity index is 1.96. The van der Waals surface area contributed by atoms with Crippen LogP contribution in [-0.2, 0) is 11.3 Å². The molecule has 0 aliphatic carbocycles. The molecule has 0 radical (unpaired) electrons. The molecule has 1 aliphatic heterocycles. The summed E-state index contributed by atoms with van der Waals surface area (Å²) in [4.78, 5) is 10.5. The zero-order chi connectivity index (χ0) is 11.5. The van der Waals surface area contributed by atoms with Crippen LogP contribution in [0.1, 0.15) is 19.5 Å². The first-order chi connectivity index (χ1) is 7.65. The van der Waals surface area contributed by atoms with Crippen molar-refractivity contribution in [3.63, 3.8) is 0 Å². The van der Waals surface area contributed by atoms with Crippen molar-refractivity contribution >= 4 is 5.82 Å². The third-order valence-corrected chi connectivity index (χ3v) is 2.51. The number of hydrogen-bond donors (Lipinski definition) is 1. The summed E-state index contributed by atoms with van der Waals surface area (Å²) in [7, 11) is 0. The average Bonchev–Trinajstić information content (AvgIpc) is 2.22. The topological polar surface area (TPSA) is 64.3 Å². The Kier molecular flexibility index (Phi) is 3.36. The maximum absolute atomic E-state index is 5.73. The van der Waals surface area contributed by atoms with Crippen molar-refractivity contribution in [2.75, 3.05) is 18.0 Å². The van der Waals surface area contributed by atoms with Crippen LogP contribution in [0.2, 0.25) is 0 Å². The maximum Gasteiger partial charge on any atom is 0.132 e. The van der Waals surface area contributed by atoms with Crippen LogP contribution in [-0.4, -0.2) is 35.2 Å². The van der Waals surface area contributed by atoms with Crippen LogP contribution in [0.5, 0.6) is 0 Å². The number of hydrogen-bond acceptors (Lipinski definition) is 5. The normalized spacial score (nSPS) is 16.6. The first-order valence-electron chi connectivity index (χ1n) is 5.58. The summed E-state index contributed by atoms with van der Waals surface area (Å²) in [6.45, 7) is 6.31. The van der Waals surface area contributed by atoms with Gasteiger partial charge < -0.3 is 15.4 Å².